The molecule has 2 aliphatic carbocycles. The molecular formula is C23H39N5O4Si2. The summed E-state index contributed by atoms with van der Waals surface area (Å²) in [4.78, 5) is 12.9. The number of aromatic nitrogens is 4. The quantitative estimate of drug-likeness (QED) is 0.588. The van der Waals surface area contributed by atoms with Crippen molar-refractivity contribution in [3.05, 3.63) is 12.7 Å². The number of fused-ring (bicyclic) bond motifs is 2. The van der Waals surface area contributed by atoms with Crippen molar-refractivity contribution in [1.82, 2.24) is 19.5 Å². The molecule has 1 aliphatic heterocycles. The lowest BCUT2D eigenvalue weighted by Gasteiger charge is -2.53. The largest absolute Gasteiger partial charge is 0.414 e. The number of hydrogen-bond donors (Lipinski definition) is 2. The fraction of sp³-hybridized carbons (Fsp3) is 0.783. The summed E-state index contributed by atoms with van der Waals surface area (Å²) >= 11 is 0. The lowest BCUT2D eigenvalue weighted by atomic mass is 9.85. The summed E-state index contributed by atoms with van der Waals surface area (Å²) in [5.41, 5.74) is 7.63. The Morgan fingerprint density at radius 3 is 2.21 bits per heavy atom. The van der Waals surface area contributed by atoms with Gasteiger partial charge in [-0.1, -0.05) is 55.4 Å². The Labute approximate surface area is 203 Å². The van der Waals surface area contributed by atoms with Gasteiger partial charge in [-0.25, -0.2) is 15.0 Å². The molecule has 5 atom stereocenters. The maximum absolute atomic E-state index is 11.6. The number of rotatable bonds is 5. The second kappa shape index (κ2) is 7.81. The molecule has 0 aromatic carbocycles. The zero-order valence-corrected chi connectivity index (χ0v) is 23.5. The number of hydrogen-bond acceptors (Lipinski definition) is 8. The molecule has 2 aromatic rings. The van der Waals surface area contributed by atoms with E-state index in [4.69, 9.17) is 18.7 Å². The number of nitrogen functional groups attached to an aromatic ring is 1. The Bertz CT molecular complexity index is 1080. The second-order valence-corrected chi connectivity index (χ2v) is 20.4. The number of anilines is 1. The normalized spacial score (nSPS) is 34.1. The first-order valence-corrected chi connectivity index (χ1v) is 16.5. The van der Waals surface area contributed by atoms with Crippen LogP contribution >= 0.6 is 0 Å². The molecule has 2 aromatic heterocycles. The first kappa shape index (κ1) is 24.3. The van der Waals surface area contributed by atoms with Crippen molar-refractivity contribution < 1.29 is 18.1 Å². The first-order chi connectivity index (χ1) is 15.9. The molecule has 2 saturated carbocycles. The first-order valence-electron chi connectivity index (χ1n) is 12.6. The number of nitrogens with zero attached hydrogens (tertiary/aromatic N) is 4. The van der Waals surface area contributed by atoms with Crippen molar-refractivity contribution in [2.45, 2.75) is 95.3 Å². The van der Waals surface area contributed by atoms with Crippen LogP contribution in [-0.2, 0) is 13.0 Å². The third-order valence-corrected chi connectivity index (χ3v) is 18.9. The number of nitrogens with two attached hydrogens (primary N) is 1. The van der Waals surface area contributed by atoms with Gasteiger partial charge in [-0.15, -0.1) is 0 Å². The molecule has 0 amide bonds. The van der Waals surface area contributed by atoms with Gasteiger partial charge in [0.2, 0.25) is 0 Å². The summed E-state index contributed by atoms with van der Waals surface area (Å²) in [6.45, 7) is 18.3. The van der Waals surface area contributed by atoms with Gasteiger partial charge in [0.25, 0.3) is 0 Å². The number of imidazole rings is 1. The van der Waals surface area contributed by atoms with Crippen LogP contribution in [0.2, 0.25) is 22.2 Å². The van der Waals surface area contributed by atoms with Gasteiger partial charge in [0.1, 0.15) is 17.9 Å². The average Bonchev–Trinajstić information content (AvgIpc) is 3.04. The predicted octanol–water partition coefficient (Wildman–Crippen LogP) is 3.90. The maximum atomic E-state index is 11.6. The molecule has 3 heterocycles. The molecule has 0 bridgehead atoms. The fourth-order valence-electron chi connectivity index (χ4n) is 6.77. The zero-order chi connectivity index (χ0) is 24.8. The second-order valence-electron chi connectivity index (χ2n) is 11.6. The summed E-state index contributed by atoms with van der Waals surface area (Å²) in [5.74, 6) is 0.577. The van der Waals surface area contributed by atoms with Crippen molar-refractivity contribution in [2.24, 2.45) is 11.8 Å². The van der Waals surface area contributed by atoms with Crippen LogP contribution < -0.4 is 5.73 Å². The highest BCUT2D eigenvalue weighted by atomic mass is 28.5. The molecule has 34 heavy (non-hydrogen) atoms. The standard InChI is InChI=1S/C23H39N5O4Si2/c1-12(2)33(13(3)4)30-9-16-17-19(28-11-27-18-21(24)25-10-26-22(18)28)20(29)23(16,17)31-34(32-33,14(5)6)15(7)8/h10-17,19-20,29H,9H2,1-8H3,(H2,24,25,26)/t16-,17?,19+,20?,23+/m0/s1. The minimum absolute atomic E-state index is 0.113. The maximum Gasteiger partial charge on any atom is 0.335 e. The Balaban J connectivity index is 1.57. The predicted molar refractivity (Wildman–Crippen MR) is 135 cm³/mol. The average molecular weight is 506 g/mol. The molecule has 0 radical (unpaired) electrons. The Hall–Kier alpha value is -1.38. The molecule has 1 saturated heterocycles. The van der Waals surface area contributed by atoms with Crippen molar-refractivity contribution in [3.8, 4) is 0 Å². The van der Waals surface area contributed by atoms with Gasteiger partial charge < -0.3 is 28.4 Å². The number of aliphatic hydroxyl groups excluding tert-OH is 1. The van der Waals surface area contributed by atoms with Crippen LogP contribution in [0.25, 0.3) is 11.2 Å². The van der Waals surface area contributed by atoms with Gasteiger partial charge in [-0.2, -0.15) is 0 Å². The van der Waals surface area contributed by atoms with Crippen LogP contribution in [0.1, 0.15) is 61.4 Å². The van der Waals surface area contributed by atoms with Gasteiger partial charge in [-0.3, -0.25) is 0 Å². The minimum atomic E-state index is -2.78. The van der Waals surface area contributed by atoms with E-state index in [2.05, 4.69) is 70.3 Å². The van der Waals surface area contributed by atoms with E-state index in [9.17, 15) is 5.11 Å². The molecule has 2 unspecified atom stereocenters. The topological polar surface area (TPSA) is 118 Å². The lowest BCUT2D eigenvalue weighted by Crippen LogP contribution is -2.67. The smallest absolute Gasteiger partial charge is 0.335 e. The highest BCUT2D eigenvalue weighted by Gasteiger charge is 2.85. The summed E-state index contributed by atoms with van der Waals surface area (Å²) in [6.07, 6.45) is 2.47. The third kappa shape index (κ3) is 2.94. The summed E-state index contributed by atoms with van der Waals surface area (Å²) < 4.78 is 23.3. The molecule has 3 aliphatic rings. The van der Waals surface area contributed by atoms with Gasteiger partial charge in [-0.05, 0) is 22.2 Å². The summed E-state index contributed by atoms with van der Waals surface area (Å²) in [5, 5.41) is 11.6. The summed E-state index contributed by atoms with van der Waals surface area (Å²) in [6, 6.07) is -0.189. The molecule has 5 rings (SSSR count). The molecule has 11 heteroatoms. The van der Waals surface area contributed by atoms with Gasteiger partial charge in [0.05, 0.1) is 18.0 Å². The zero-order valence-electron chi connectivity index (χ0n) is 21.5. The molecule has 188 valence electrons. The van der Waals surface area contributed by atoms with Crippen LogP contribution in [0, 0.1) is 11.8 Å². The van der Waals surface area contributed by atoms with E-state index in [0.29, 0.717) is 34.7 Å². The monoisotopic (exact) mass is 505 g/mol. The fourth-order valence-corrected chi connectivity index (χ4v) is 18.1. The van der Waals surface area contributed by atoms with Crippen LogP contribution in [0.15, 0.2) is 12.7 Å². The van der Waals surface area contributed by atoms with E-state index in [1.165, 1.54) is 6.33 Å². The van der Waals surface area contributed by atoms with Gasteiger partial charge in [0, 0.05) is 18.4 Å². The molecule has 9 nitrogen and oxygen atoms in total. The Morgan fingerprint density at radius 2 is 1.62 bits per heavy atom. The molecular weight excluding hydrogens is 466 g/mol. The third-order valence-electron chi connectivity index (χ3n) is 8.65. The van der Waals surface area contributed by atoms with Crippen LogP contribution in [-0.4, -0.2) is 60.1 Å². The highest BCUT2D eigenvalue weighted by Crippen LogP contribution is 2.74. The summed E-state index contributed by atoms with van der Waals surface area (Å²) in [7, 11) is -5.37. The van der Waals surface area contributed by atoms with Crippen LogP contribution in [0.3, 0.4) is 0 Å². The Morgan fingerprint density at radius 1 is 1.00 bits per heavy atom. The Kier molecular flexibility index (Phi) is 5.59. The van der Waals surface area contributed by atoms with Gasteiger partial charge in [0.15, 0.2) is 11.5 Å². The van der Waals surface area contributed by atoms with E-state index in [1.54, 1.807) is 6.33 Å². The van der Waals surface area contributed by atoms with E-state index in [1.807, 2.05) is 4.57 Å². The molecule has 1 spiro atoms. The molecule has 3 fully saturated rings. The van der Waals surface area contributed by atoms with E-state index >= 15 is 0 Å². The minimum Gasteiger partial charge on any atom is -0.414 e. The number of aliphatic hydroxyl groups is 1. The highest BCUT2D eigenvalue weighted by molar-refractivity contribution is 6.84. The lowest BCUT2D eigenvalue weighted by molar-refractivity contribution is -0.112. The SMILES string of the molecule is CC(C)[Si]1(C(C)C)OC[C@H]2C3[C@@H](n4cnc5c(N)ncnc54)C(O)[C@]32O[Si](C(C)C)(C(C)C)O1. The van der Waals surface area contributed by atoms with Crippen molar-refractivity contribution in [2.75, 3.05) is 12.3 Å². The van der Waals surface area contributed by atoms with Crippen molar-refractivity contribution in [1.29, 1.82) is 0 Å². The molecule has 3 N–H and O–H groups in total. The van der Waals surface area contributed by atoms with Crippen molar-refractivity contribution >= 4 is 34.1 Å². The van der Waals surface area contributed by atoms with Crippen LogP contribution in [0.4, 0.5) is 5.82 Å². The van der Waals surface area contributed by atoms with E-state index < -0.39 is 28.8 Å². The van der Waals surface area contributed by atoms with Gasteiger partial charge >= 0.3 is 17.1 Å². The van der Waals surface area contributed by atoms with Crippen molar-refractivity contribution in [3.63, 3.8) is 0 Å². The van der Waals surface area contributed by atoms with E-state index in [0.717, 1.165) is 0 Å². The van der Waals surface area contributed by atoms with E-state index in [-0.39, 0.29) is 29.0 Å². The van der Waals surface area contributed by atoms with Crippen LogP contribution in [0.5, 0.6) is 0 Å².